The molecule has 0 heterocycles. The van der Waals surface area contributed by atoms with E-state index in [2.05, 4.69) is 59.0 Å². The largest absolute Gasteiger partial charge is 0.463 e. The number of fused-ring (bicyclic) bond motifs is 7. The van der Waals surface area contributed by atoms with Gasteiger partial charge in [0.25, 0.3) is 0 Å². The van der Waals surface area contributed by atoms with Crippen molar-refractivity contribution in [2.24, 2.45) is 56.7 Å². The minimum Gasteiger partial charge on any atom is -0.463 e. The highest BCUT2D eigenvalue weighted by Gasteiger charge is 2.70. The molecule has 9 atom stereocenters. The Balaban J connectivity index is 1.51. The van der Waals surface area contributed by atoms with Gasteiger partial charge in [-0.3, -0.25) is 0 Å². The van der Waals surface area contributed by atoms with Gasteiger partial charge in [0.1, 0.15) is 6.61 Å². The van der Waals surface area contributed by atoms with E-state index in [1.807, 2.05) is 6.92 Å². The van der Waals surface area contributed by atoms with Crippen LogP contribution in [0.5, 0.6) is 0 Å². The summed E-state index contributed by atoms with van der Waals surface area (Å²) in [5.41, 5.74) is 1.23. The first-order chi connectivity index (χ1) is 18.7. The third kappa shape index (κ3) is 3.94. The maximum atomic E-state index is 13.3. The Morgan fingerprint density at radius 3 is 2.40 bits per heavy atom. The van der Waals surface area contributed by atoms with Crippen molar-refractivity contribution in [1.82, 2.24) is 0 Å². The van der Waals surface area contributed by atoms with Crippen LogP contribution in [-0.2, 0) is 19.1 Å². The molecule has 5 aliphatic carbocycles. The van der Waals surface area contributed by atoms with Crippen LogP contribution in [0.1, 0.15) is 99.8 Å². The smallest absolute Gasteiger partial charge is 0.332 e. The number of ether oxygens (including phenoxy) is 2. The third-order valence-corrected chi connectivity index (χ3v) is 13.6. The Hall–Kier alpha value is -1.93. The van der Waals surface area contributed by atoms with Gasteiger partial charge in [-0.25, -0.2) is 9.64 Å². The molecule has 0 aliphatic heterocycles. The summed E-state index contributed by atoms with van der Waals surface area (Å²) in [6, 6.07) is 0. The molecule has 5 heteroatoms. The van der Waals surface area contributed by atoms with E-state index in [-0.39, 0.29) is 45.9 Å². The normalized spacial score (nSPS) is 45.2. The number of carbonyl (C=O) groups is 2. The number of allylic oxidation sites excluding steroid dienone is 3. The molecule has 5 nitrogen and oxygen atoms in total. The molecule has 0 unspecified atom stereocenters. The second-order valence-corrected chi connectivity index (χ2v) is 15.4. The summed E-state index contributed by atoms with van der Waals surface area (Å²) in [6.07, 6.45) is 11.0. The van der Waals surface area contributed by atoms with E-state index >= 15 is 0 Å². The molecule has 0 aromatic rings. The van der Waals surface area contributed by atoms with Crippen LogP contribution in [0.3, 0.4) is 0 Å². The minimum atomic E-state index is -0.508. The molecule has 4 fully saturated rings. The van der Waals surface area contributed by atoms with Crippen LogP contribution in [0.15, 0.2) is 23.9 Å². The standard InChI is InChI=1S/C35H51NO4/c1-10-39-20-28(37)40-21-35-16-13-23(22(2)3)29(35)24-11-12-27-32(6)19-25(36-9)30(38)31(4,5)26(32)14-15-34(27,8)33(24,7)17-18-35/h19,23-24,26-27,29H,2,10-18,20-21H2,1,3-8H3/t23-,24+,26-,27+,29+,32-,33+,34+,35+/m0/s1. The Kier molecular flexibility index (Phi) is 7.26. The maximum Gasteiger partial charge on any atom is 0.332 e. The average Bonchev–Trinajstić information content (AvgIpc) is 3.29. The number of esters is 1. The van der Waals surface area contributed by atoms with Crippen LogP contribution in [0.2, 0.25) is 0 Å². The van der Waals surface area contributed by atoms with E-state index in [9.17, 15) is 9.59 Å². The van der Waals surface area contributed by atoms with E-state index in [4.69, 9.17) is 16.0 Å². The van der Waals surface area contributed by atoms with Gasteiger partial charge in [0.15, 0.2) is 5.78 Å². The molecule has 0 radical (unpaired) electrons. The molecule has 40 heavy (non-hydrogen) atoms. The quantitative estimate of drug-likeness (QED) is 0.193. The van der Waals surface area contributed by atoms with Gasteiger partial charge >= 0.3 is 5.97 Å². The predicted octanol–water partition coefficient (Wildman–Crippen LogP) is 7.82. The molecule has 0 aromatic carbocycles. The lowest BCUT2D eigenvalue weighted by Crippen LogP contribution is -2.66. The zero-order valence-electron chi connectivity index (χ0n) is 26.0. The second-order valence-electron chi connectivity index (χ2n) is 15.4. The van der Waals surface area contributed by atoms with Crippen LogP contribution >= 0.6 is 0 Å². The highest BCUT2D eigenvalue weighted by molar-refractivity contribution is 6.02. The molecule has 220 valence electrons. The summed E-state index contributed by atoms with van der Waals surface area (Å²) < 4.78 is 11.3. The topological polar surface area (TPSA) is 57.0 Å². The maximum absolute atomic E-state index is 13.3. The molecule has 5 aliphatic rings. The van der Waals surface area contributed by atoms with Gasteiger partial charge in [-0.05, 0) is 111 Å². The molecular weight excluding hydrogens is 498 g/mol. The first kappa shape index (κ1) is 29.6. The van der Waals surface area contributed by atoms with Gasteiger partial charge in [0.05, 0.1) is 13.2 Å². The fourth-order valence-electron chi connectivity index (χ4n) is 11.5. The number of hydrogen-bond donors (Lipinski definition) is 0. The fourth-order valence-corrected chi connectivity index (χ4v) is 11.5. The van der Waals surface area contributed by atoms with Crippen molar-refractivity contribution in [1.29, 1.82) is 0 Å². The Morgan fingerprint density at radius 2 is 1.75 bits per heavy atom. The summed E-state index contributed by atoms with van der Waals surface area (Å²) in [6.45, 7) is 29.1. The zero-order chi connectivity index (χ0) is 29.3. The monoisotopic (exact) mass is 549 g/mol. The second kappa shape index (κ2) is 9.82. The van der Waals surface area contributed by atoms with Crippen molar-refractivity contribution >= 4 is 11.8 Å². The number of nitrogens with zero attached hydrogens (tertiary/aromatic N) is 1. The van der Waals surface area contributed by atoms with E-state index in [0.29, 0.717) is 42.6 Å². The summed E-state index contributed by atoms with van der Waals surface area (Å²) in [7, 11) is 0. The predicted molar refractivity (Wildman–Crippen MR) is 157 cm³/mol. The van der Waals surface area contributed by atoms with E-state index in [1.54, 1.807) is 0 Å². The number of Topliss-reactive ketones (excluding diaryl/α,β-unsaturated/α-hetero) is 1. The highest BCUT2D eigenvalue weighted by Crippen LogP contribution is 2.77. The summed E-state index contributed by atoms with van der Waals surface area (Å²) in [5.74, 6) is 1.95. The van der Waals surface area contributed by atoms with Gasteiger partial charge in [0.2, 0.25) is 5.70 Å². The molecule has 0 bridgehead atoms. The van der Waals surface area contributed by atoms with Crippen LogP contribution < -0.4 is 0 Å². The minimum absolute atomic E-state index is 0.0103. The van der Waals surface area contributed by atoms with Crippen molar-refractivity contribution in [2.45, 2.75) is 99.8 Å². The SMILES string of the molecule is [C-]#[N+]C1=C[C@]2(C)[C@H]3CC[C@@H]4[C@H]5[C@H](C(=C)C)CC[C@]5(COC(=O)COCC)CC[C@@]4(C)[C@]3(C)CC[C@H]2C(C)(C)C1=O. The van der Waals surface area contributed by atoms with Gasteiger partial charge in [0, 0.05) is 17.4 Å². The van der Waals surface area contributed by atoms with Crippen LogP contribution in [-0.4, -0.2) is 31.6 Å². The van der Waals surface area contributed by atoms with Crippen molar-refractivity contribution in [3.05, 3.63) is 35.3 Å². The lowest BCUT2D eigenvalue weighted by Gasteiger charge is -2.71. The Labute approximate surface area is 242 Å². The van der Waals surface area contributed by atoms with Crippen molar-refractivity contribution in [2.75, 3.05) is 19.8 Å². The number of ketones is 1. The lowest BCUT2D eigenvalue weighted by molar-refractivity contribution is -0.223. The van der Waals surface area contributed by atoms with Crippen LogP contribution in [0, 0.1) is 63.2 Å². The van der Waals surface area contributed by atoms with Crippen LogP contribution in [0.4, 0.5) is 0 Å². The molecule has 0 aromatic heterocycles. The summed E-state index contributed by atoms with van der Waals surface area (Å²) in [5, 5.41) is 0. The summed E-state index contributed by atoms with van der Waals surface area (Å²) in [4.78, 5) is 29.6. The van der Waals surface area contributed by atoms with Gasteiger partial charge in [-0.1, -0.05) is 52.8 Å². The van der Waals surface area contributed by atoms with Crippen molar-refractivity contribution < 1.29 is 19.1 Å². The Morgan fingerprint density at radius 1 is 1.02 bits per heavy atom. The molecular formula is C35H51NO4. The number of carbonyl (C=O) groups excluding carboxylic acids is 2. The molecule has 4 saturated carbocycles. The third-order valence-electron chi connectivity index (χ3n) is 13.6. The Bertz CT molecular complexity index is 1160. The van der Waals surface area contributed by atoms with Crippen molar-refractivity contribution in [3.63, 3.8) is 0 Å². The fraction of sp³-hybridized carbons (Fsp3) is 0.800. The van der Waals surface area contributed by atoms with Crippen LogP contribution in [0.25, 0.3) is 4.85 Å². The molecule has 0 amide bonds. The first-order valence-electron chi connectivity index (χ1n) is 15.8. The highest BCUT2D eigenvalue weighted by atomic mass is 16.6. The molecule has 0 N–H and O–H groups in total. The van der Waals surface area contributed by atoms with E-state index in [0.717, 1.165) is 51.4 Å². The summed E-state index contributed by atoms with van der Waals surface area (Å²) >= 11 is 0. The number of hydrogen-bond acceptors (Lipinski definition) is 4. The van der Waals surface area contributed by atoms with E-state index < -0.39 is 5.41 Å². The zero-order valence-corrected chi connectivity index (χ0v) is 26.0. The number of rotatable bonds is 6. The van der Waals surface area contributed by atoms with Crippen molar-refractivity contribution in [3.8, 4) is 0 Å². The molecule has 5 rings (SSSR count). The average molecular weight is 550 g/mol. The van der Waals surface area contributed by atoms with E-state index in [1.165, 1.54) is 5.57 Å². The van der Waals surface area contributed by atoms with Gasteiger partial charge in [-0.2, -0.15) is 0 Å². The molecule has 0 saturated heterocycles. The lowest BCUT2D eigenvalue weighted by atomic mass is 9.33. The first-order valence-corrected chi connectivity index (χ1v) is 15.8. The molecule has 0 spiro atoms. The van der Waals surface area contributed by atoms with Gasteiger partial charge < -0.3 is 14.3 Å². The van der Waals surface area contributed by atoms with Gasteiger partial charge in [-0.15, -0.1) is 0 Å².